The number of aromatic nitrogens is 1. The van der Waals surface area contributed by atoms with E-state index in [-0.39, 0.29) is 0 Å². The maximum Gasteiger partial charge on any atom is 0.0795 e. The van der Waals surface area contributed by atoms with Crippen molar-refractivity contribution in [2.45, 2.75) is 72.5 Å². The summed E-state index contributed by atoms with van der Waals surface area (Å²) in [5.41, 5.74) is 3.50. The van der Waals surface area contributed by atoms with E-state index < -0.39 is 0 Å². The average molecular weight is 324 g/mol. The van der Waals surface area contributed by atoms with Crippen molar-refractivity contribution in [3.63, 3.8) is 0 Å². The third-order valence-corrected chi connectivity index (χ3v) is 5.28. The van der Waals surface area contributed by atoms with Crippen LogP contribution in [0.1, 0.15) is 59.6 Å². The average Bonchev–Trinajstić information content (AvgIpc) is 2.91. The highest BCUT2D eigenvalue weighted by molar-refractivity contribution is 7.07. The summed E-state index contributed by atoms with van der Waals surface area (Å²) in [6.07, 6.45) is 3.78. The highest BCUT2D eigenvalue weighted by Crippen LogP contribution is 2.26. The molecule has 0 radical (unpaired) electrons. The Kier molecular flexibility index (Phi) is 6.42. The number of thiazole rings is 1. The van der Waals surface area contributed by atoms with Gasteiger partial charge in [0.2, 0.25) is 0 Å². The van der Waals surface area contributed by atoms with Crippen molar-refractivity contribution < 1.29 is 0 Å². The Morgan fingerprint density at radius 3 is 2.50 bits per heavy atom. The van der Waals surface area contributed by atoms with Crippen molar-refractivity contribution in [2.75, 3.05) is 13.1 Å². The first-order chi connectivity index (χ1) is 10.3. The lowest BCUT2D eigenvalue weighted by Crippen LogP contribution is -2.50. The zero-order valence-electron chi connectivity index (χ0n) is 14.9. The van der Waals surface area contributed by atoms with Crippen molar-refractivity contribution >= 4 is 11.3 Å². The number of likely N-dealkylation sites (tertiary alicyclic amines) is 1. The number of rotatable bonds is 6. The number of hydrogen-bond acceptors (Lipinski definition) is 4. The van der Waals surface area contributed by atoms with Gasteiger partial charge in [-0.05, 0) is 30.6 Å². The summed E-state index contributed by atoms with van der Waals surface area (Å²) >= 11 is 1.70. The van der Waals surface area contributed by atoms with Crippen molar-refractivity contribution in [1.29, 1.82) is 0 Å². The van der Waals surface area contributed by atoms with Crippen LogP contribution in [0.25, 0.3) is 0 Å². The molecule has 0 saturated carbocycles. The zero-order chi connectivity index (χ0) is 16.2. The largest absolute Gasteiger partial charge is 0.311 e. The number of hydrogen-bond donors (Lipinski definition) is 1. The molecule has 0 amide bonds. The fourth-order valence-electron chi connectivity index (χ4n) is 3.23. The fraction of sp³-hybridized carbons (Fsp3) is 0.833. The van der Waals surface area contributed by atoms with Crippen LogP contribution in [0, 0.1) is 11.3 Å². The zero-order valence-corrected chi connectivity index (χ0v) is 15.7. The molecule has 1 aromatic heterocycles. The number of piperidine rings is 1. The molecule has 0 aromatic carbocycles. The fourth-order valence-corrected chi connectivity index (χ4v) is 3.78. The third kappa shape index (κ3) is 5.64. The van der Waals surface area contributed by atoms with Gasteiger partial charge in [-0.1, -0.05) is 34.6 Å². The Balaban J connectivity index is 1.80. The smallest absolute Gasteiger partial charge is 0.0795 e. The van der Waals surface area contributed by atoms with E-state index in [1.54, 1.807) is 11.3 Å². The molecule has 0 aliphatic carbocycles. The molecular formula is C18H33N3S. The van der Waals surface area contributed by atoms with Crippen LogP contribution in [-0.4, -0.2) is 35.1 Å². The van der Waals surface area contributed by atoms with Crippen molar-refractivity contribution in [1.82, 2.24) is 15.2 Å². The van der Waals surface area contributed by atoms with Crippen molar-refractivity contribution in [3.8, 4) is 0 Å². The summed E-state index contributed by atoms with van der Waals surface area (Å²) < 4.78 is 0. The summed E-state index contributed by atoms with van der Waals surface area (Å²) in [6, 6.07) is 1.29. The number of nitrogens with one attached hydrogen (secondary N) is 1. The molecule has 1 aliphatic heterocycles. The third-order valence-electron chi connectivity index (χ3n) is 4.65. The maximum absolute atomic E-state index is 4.40. The second kappa shape index (κ2) is 7.89. The SMILES string of the molecule is CC(C)C[C@@H](NC1CCN(Cc2cscn2)CC1)C(C)(C)C. The molecule has 0 bridgehead atoms. The standard InChI is InChI=1S/C18H33N3S/c1-14(2)10-17(18(3,4)5)20-15-6-8-21(9-7-15)11-16-12-22-13-19-16/h12-15,17,20H,6-11H2,1-5H3/t17-/m1/s1. The monoisotopic (exact) mass is 323 g/mol. The van der Waals surface area contributed by atoms with Gasteiger partial charge in [0.25, 0.3) is 0 Å². The lowest BCUT2D eigenvalue weighted by molar-refractivity contribution is 0.151. The molecule has 1 N–H and O–H groups in total. The molecule has 3 nitrogen and oxygen atoms in total. The molecular weight excluding hydrogens is 290 g/mol. The Morgan fingerprint density at radius 2 is 2.00 bits per heavy atom. The Morgan fingerprint density at radius 1 is 1.32 bits per heavy atom. The van der Waals surface area contributed by atoms with Gasteiger partial charge in [0.15, 0.2) is 0 Å². The normalized spacial score (nSPS) is 19.7. The van der Waals surface area contributed by atoms with Gasteiger partial charge in [-0.25, -0.2) is 4.98 Å². The molecule has 2 rings (SSSR count). The highest BCUT2D eigenvalue weighted by Gasteiger charge is 2.29. The van der Waals surface area contributed by atoms with Gasteiger partial charge in [-0.3, -0.25) is 4.90 Å². The van der Waals surface area contributed by atoms with Gasteiger partial charge in [0.1, 0.15) is 0 Å². The molecule has 1 aliphatic rings. The minimum Gasteiger partial charge on any atom is -0.311 e. The summed E-state index contributed by atoms with van der Waals surface area (Å²) in [5, 5.41) is 6.14. The highest BCUT2D eigenvalue weighted by atomic mass is 32.1. The van der Waals surface area contributed by atoms with E-state index in [9.17, 15) is 0 Å². The molecule has 126 valence electrons. The second-order valence-electron chi connectivity index (χ2n) is 8.25. The van der Waals surface area contributed by atoms with Gasteiger partial charge in [-0.15, -0.1) is 11.3 Å². The predicted molar refractivity (Wildman–Crippen MR) is 96.2 cm³/mol. The lowest BCUT2D eigenvalue weighted by Gasteiger charge is -2.39. The van der Waals surface area contributed by atoms with E-state index in [0.717, 1.165) is 12.5 Å². The van der Waals surface area contributed by atoms with E-state index in [2.05, 4.69) is 55.2 Å². The Labute approximate surface area is 140 Å². The topological polar surface area (TPSA) is 28.2 Å². The second-order valence-corrected chi connectivity index (χ2v) is 8.96. The molecule has 1 saturated heterocycles. The predicted octanol–water partition coefficient (Wildman–Crippen LogP) is 4.16. The summed E-state index contributed by atoms with van der Waals surface area (Å²) in [6.45, 7) is 15.2. The van der Waals surface area contributed by atoms with Crippen LogP contribution in [0.4, 0.5) is 0 Å². The van der Waals surface area contributed by atoms with E-state index >= 15 is 0 Å². The van der Waals surface area contributed by atoms with E-state index in [1.165, 1.54) is 38.0 Å². The van der Waals surface area contributed by atoms with E-state index in [0.29, 0.717) is 17.5 Å². The number of nitrogens with zero attached hydrogens (tertiary/aromatic N) is 2. The van der Waals surface area contributed by atoms with Gasteiger partial charge < -0.3 is 5.32 Å². The molecule has 2 heterocycles. The first-order valence-corrected chi connectivity index (χ1v) is 9.64. The lowest BCUT2D eigenvalue weighted by atomic mass is 9.81. The Hall–Kier alpha value is -0.450. The summed E-state index contributed by atoms with van der Waals surface area (Å²) in [5.74, 6) is 0.751. The van der Waals surface area contributed by atoms with Crippen LogP contribution in [0.15, 0.2) is 10.9 Å². The van der Waals surface area contributed by atoms with Crippen LogP contribution in [-0.2, 0) is 6.54 Å². The molecule has 1 atom stereocenters. The van der Waals surface area contributed by atoms with Crippen molar-refractivity contribution in [2.24, 2.45) is 11.3 Å². The van der Waals surface area contributed by atoms with Gasteiger partial charge in [0.05, 0.1) is 11.2 Å². The van der Waals surface area contributed by atoms with Gasteiger partial charge in [0, 0.05) is 37.1 Å². The van der Waals surface area contributed by atoms with Gasteiger partial charge in [-0.2, -0.15) is 0 Å². The maximum atomic E-state index is 4.40. The van der Waals surface area contributed by atoms with Crippen LogP contribution >= 0.6 is 11.3 Å². The summed E-state index contributed by atoms with van der Waals surface area (Å²) in [7, 11) is 0. The quantitative estimate of drug-likeness (QED) is 0.852. The summed E-state index contributed by atoms with van der Waals surface area (Å²) in [4.78, 5) is 6.95. The van der Waals surface area contributed by atoms with Gasteiger partial charge >= 0.3 is 0 Å². The van der Waals surface area contributed by atoms with Crippen LogP contribution < -0.4 is 5.32 Å². The van der Waals surface area contributed by atoms with Crippen LogP contribution in [0.2, 0.25) is 0 Å². The van der Waals surface area contributed by atoms with E-state index in [1.807, 2.05) is 5.51 Å². The molecule has 4 heteroatoms. The van der Waals surface area contributed by atoms with E-state index in [4.69, 9.17) is 0 Å². The molecule has 1 fully saturated rings. The molecule has 0 unspecified atom stereocenters. The molecule has 1 aromatic rings. The Bertz CT molecular complexity index is 414. The molecule has 22 heavy (non-hydrogen) atoms. The molecule has 0 spiro atoms. The van der Waals surface area contributed by atoms with Crippen molar-refractivity contribution in [3.05, 3.63) is 16.6 Å². The van der Waals surface area contributed by atoms with Crippen LogP contribution in [0.3, 0.4) is 0 Å². The minimum atomic E-state index is 0.335. The minimum absolute atomic E-state index is 0.335. The first-order valence-electron chi connectivity index (χ1n) is 8.70. The van der Waals surface area contributed by atoms with Crippen LogP contribution in [0.5, 0.6) is 0 Å². The first kappa shape index (κ1) is 17.9.